The third kappa shape index (κ3) is 3.81. The number of aromatic nitrogens is 1. The summed E-state index contributed by atoms with van der Waals surface area (Å²) in [6, 6.07) is 60.0. The van der Waals surface area contributed by atoms with E-state index < -0.39 is 0 Å². The summed E-state index contributed by atoms with van der Waals surface area (Å²) in [5.74, 6) is 0. The number of para-hydroxylation sites is 4. The second-order valence-corrected chi connectivity index (χ2v) is 12.9. The lowest BCUT2D eigenvalue weighted by molar-refractivity contribution is 0.668. The summed E-state index contributed by atoms with van der Waals surface area (Å²) < 4.78 is 15.7. The summed E-state index contributed by atoms with van der Waals surface area (Å²) in [5, 5.41) is 9.09. The van der Waals surface area contributed by atoms with Crippen molar-refractivity contribution in [2.45, 2.75) is 0 Å². The van der Waals surface area contributed by atoms with Crippen LogP contribution in [0.2, 0.25) is 0 Å². The van der Waals surface area contributed by atoms with Crippen LogP contribution in [-0.2, 0) is 0 Å². The van der Waals surface area contributed by atoms with E-state index in [-0.39, 0.29) is 0 Å². The third-order valence-electron chi connectivity index (χ3n) is 10.1. The standard InChI is InChI=1S/C46H28N2O2/c1-2-14-30(15-3-1)47-37-20-9-6-17-33(37)34-26-25-31(28-39(34)47)48(38-21-12-24-43-45(38)36-19-8-10-22-41(36)49-43)40-27-29-13-4-5-16-32(29)44-35-18-7-11-23-42(35)50-46(40)44/h1-28H. The highest BCUT2D eigenvalue weighted by molar-refractivity contribution is 6.24. The van der Waals surface area contributed by atoms with Gasteiger partial charge in [-0.2, -0.15) is 0 Å². The molecule has 0 saturated heterocycles. The molecule has 234 valence electrons. The van der Waals surface area contributed by atoms with Gasteiger partial charge in [-0.05, 0) is 71.4 Å². The van der Waals surface area contributed by atoms with Gasteiger partial charge in [0.15, 0.2) is 5.58 Å². The minimum atomic E-state index is 0.842. The molecule has 0 spiro atoms. The van der Waals surface area contributed by atoms with E-state index in [1.54, 1.807) is 0 Å². The van der Waals surface area contributed by atoms with Gasteiger partial charge in [-0.25, -0.2) is 0 Å². The van der Waals surface area contributed by atoms with Crippen molar-refractivity contribution in [3.05, 3.63) is 170 Å². The number of benzene rings is 8. The van der Waals surface area contributed by atoms with Crippen LogP contribution in [0.5, 0.6) is 0 Å². The Bertz CT molecular complexity index is 3110. The van der Waals surface area contributed by atoms with E-state index >= 15 is 0 Å². The Morgan fingerprint density at radius 1 is 0.400 bits per heavy atom. The van der Waals surface area contributed by atoms with Crippen molar-refractivity contribution in [2.24, 2.45) is 0 Å². The fourth-order valence-corrected chi connectivity index (χ4v) is 8.03. The molecule has 0 atom stereocenters. The molecule has 4 nitrogen and oxygen atoms in total. The molecule has 0 unspecified atom stereocenters. The lowest BCUT2D eigenvalue weighted by Crippen LogP contribution is -2.11. The number of hydrogen-bond acceptors (Lipinski definition) is 3. The molecule has 0 bridgehead atoms. The van der Waals surface area contributed by atoms with E-state index in [0.717, 1.165) is 77.5 Å². The van der Waals surface area contributed by atoms with E-state index in [2.05, 4.69) is 161 Å². The highest BCUT2D eigenvalue weighted by atomic mass is 16.3. The average Bonchev–Trinajstić information content (AvgIpc) is 3.85. The molecular weight excluding hydrogens is 613 g/mol. The van der Waals surface area contributed by atoms with Crippen LogP contribution in [0.15, 0.2) is 179 Å². The Morgan fingerprint density at radius 2 is 1.04 bits per heavy atom. The normalized spacial score (nSPS) is 12.0. The van der Waals surface area contributed by atoms with Crippen molar-refractivity contribution in [1.29, 1.82) is 0 Å². The van der Waals surface area contributed by atoms with E-state index in [4.69, 9.17) is 8.83 Å². The zero-order valence-electron chi connectivity index (χ0n) is 26.9. The van der Waals surface area contributed by atoms with Gasteiger partial charge in [-0.15, -0.1) is 0 Å². The quantitative estimate of drug-likeness (QED) is 0.192. The smallest absolute Gasteiger partial charge is 0.160 e. The van der Waals surface area contributed by atoms with Crippen molar-refractivity contribution in [3.8, 4) is 5.69 Å². The predicted octanol–water partition coefficient (Wildman–Crippen LogP) is 13.2. The van der Waals surface area contributed by atoms with Crippen LogP contribution in [0.25, 0.3) is 82.1 Å². The summed E-state index contributed by atoms with van der Waals surface area (Å²) in [6.07, 6.45) is 0. The second-order valence-electron chi connectivity index (χ2n) is 12.9. The first kappa shape index (κ1) is 27.2. The molecule has 4 heteroatoms. The first-order valence-corrected chi connectivity index (χ1v) is 16.9. The zero-order valence-corrected chi connectivity index (χ0v) is 26.9. The van der Waals surface area contributed by atoms with Crippen LogP contribution in [0.3, 0.4) is 0 Å². The monoisotopic (exact) mass is 640 g/mol. The minimum Gasteiger partial charge on any atom is -0.456 e. The Morgan fingerprint density at radius 3 is 1.88 bits per heavy atom. The molecule has 3 heterocycles. The summed E-state index contributed by atoms with van der Waals surface area (Å²) in [4.78, 5) is 2.37. The van der Waals surface area contributed by atoms with Gasteiger partial charge in [-0.3, -0.25) is 0 Å². The van der Waals surface area contributed by atoms with Gasteiger partial charge in [0.1, 0.15) is 16.7 Å². The van der Waals surface area contributed by atoms with Gasteiger partial charge >= 0.3 is 0 Å². The van der Waals surface area contributed by atoms with Gasteiger partial charge in [0.25, 0.3) is 0 Å². The van der Waals surface area contributed by atoms with Crippen LogP contribution < -0.4 is 4.90 Å². The van der Waals surface area contributed by atoms with Crippen molar-refractivity contribution in [2.75, 3.05) is 4.90 Å². The maximum atomic E-state index is 6.85. The molecule has 0 saturated carbocycles. The minimum absolute atomic E-state index is 0.842. The Kier molecular flexibility index (Phi) is 5.63. The highest BCUT2D eigenvalue weighted by Crippen LogP contribution is 2.49. The van der Waals surface area contributed by atoms with Crippen LogP contribution in [0.4, 0.5) is 17.1 Å². The number of fused-ring (bicyclic) bond motifs is 11. The molecule has 0 amide bonds. The summed E-state index contributed by atoms with van der Waals surface area (Å²) in [7, 11) is 0. The van der Waals surface area contributed by atoms with E-state index in [0.29, 0.717) is 0 Å². The summed E-state index contributed by atoms with van der Waals surface area (Å²) in [5.41, 5.74) is 9.85. The van der Waals surface area contributed by atoms with E-state index in [1.165, 1.54) is 21.7 Å². The van der Waals surface area contributed by atoms with E-state index in [9.17, 15) is 0 Å². The van der Waals surface area contributed by atoms with Crippen LogP contribution in [-0.4, -0.2) is 4.57 Å². The maximum Gasteiger partial charge on any atom is 0.160 e. The Balaban J connectivity index is 1.30. The molecule has 0 radical (unpaired) electrons. The van der Waals surface area contributed by atoms with Crippen LogP contribution in [0, 0.1) is 0 Å². The molecular formula is C46H28N2O2. The van der Waals surface area contributed by atoms with Crippen molar-refractivity contribution >= 4 is 93.5 Å². The molecule has 8 aromatic carbocycles. The number of rotatable bonds is 4. The van der Waals surface area contributed by atoms with Gasteiger partial charge in [0.2, 0.25) is 0 Å². The fourth-order valence-electron chi connectivity index (χ4n) is 8.03. The van der Waals surface area contributed by atoms with Crippen LogP contribution in [0.1, 0.15) is 0 Å². The molecule has 3 aromatic heterocycles. The molecule has 0 aliphatic carbocycles. The fraction of sp³-hybridized carbons (Fsp3) is 0. The van der Waals surface area contributed by atoms with Gasteiger partial charge < -0.3 is 18.3 Å². The Labute approximate surface area is 286 Å². The lowest BCUT2D eigenvalue weighted by atomic mass is 10.0. The number of anilines is 3. The third-order valence-corrected chi connectivity index (χ3v) is 10.1. The number of furan rings is 2. The predicted molar refractivity (Wildman–Crippen MR) is 208 cm³/mol. The lowest BCUT2D eigenvalue weighted by Gasteiger charge is -2.27. The molecule has 0 aliphatic rings. The van der Waals surface area contributed by atoms with Gasteiger partial charge in [-0.1, -0.05) is 109 Å². The number of hydrogen-bond donors (Lipinski definition) is 0. The largest absolute Gasteiger partial charge is 0.456 e. The van der Waals surface area contributed by atoms with Gasteiger partial charge in [0.05, 0.1) is 27.8 Å². The molecule has 11 aromatic rings. The van der Waals surface area contributed by atoms with Crippen molar-refractivity contribution in [1.82, 2.24) is 4.57 Å². The molecule has 0 aliphatic heterocycles. The topological polar surface area (TPSA) is 34.5 Å². The van der Waals surface area contributed by atoms with Crippen molar-refractivity contribution < 1.29 is 8.83 Å². The molecule has 0 fully saturated rings. The highest BCUT2D eigenvalue weighted by Gasteiger charge is 2.25. The molecule has 50 heavy (non-hydrogen) atoms. The second kappa shape index (κ2) is 10.4. The first-order valence-electron chi connectivity index (χ1n) is 16.9. The summed E-state index contributed by atoms with van der Waals surface area (Å²) >= 11 is 0. The summed E-state index contributed by atoms with van der Waals surface area (Å²) in [6.45, 7) is 0. The maximum absolute atomic E-state index is 6.85. The Hall–Kier alpha value is -6.78. The van der Waals surface area contributed by atoms with Crippen LogP contribution >= 0.6 is 0 Å². The van der Waals surface area contributed by atoms with E-state index in [1.807, 2.05) is 18.2 Å². The molecule has 0 N–H and O–H groups in total. The van der Waals surface area contributed by atoms with Gasteiger partial charge in [0, 0.05) is 38.3 Å². The average molecular weight is 641 g/mol. The SMILES string of the molecule is c1ccc(-n2c3ccccc3c3ccc(N(c4cc5ccccc5c5c4oc4ccccc45)c4cccc5oc6ccccc6c45)cc32)cc1. The van der Waals surface area contributed by atoms with Crippen molar-refractivity contribution in [3.63, 3.8) is 0 Å². The first-order chi connectivity index (χ1) is 24.8. The zero-order chi connectivity index (χ0) is 32.8. The number of nitrogens with zero attached hydrogens (tertiary/aromatic N) is 2. The molecule has 11 rings (SSSR count).